The van der Waals surface area contributed by atoms with Crippen LogP contribution in [0.1, 0.15) is 37.7 Å². The van der Waals surface area contributed by atoms with Crippen molar-refractivity contribution in [3.8, 4) is 0 Å². The van der Waals surface area contributed by atoms with Crippen molar-refractivity contribution < 1.29 is 4.79 Å². The van der Waals surface area contributed by atoms with E-state index in [4.69, 9.17) is 5.73 Å². The van der Waals surface area contributed by atoms with Gasteiger partial charge in [0.2, 0.25) is 5.91 Å². The second-order valence-corrected chi connectivity index (χ2v) is 7.58. The van der Waals surface area contributed by atoms with Gasteiger partial charge >= 0.3 is 0 Å². The van der Waals surface area contributed by atoms with Crippen LogP contribution in [0.5, 0.6) is 0 Å². The van der Waals surface area contributed by atoms with Gasteiger partial charge in [-0.15, -0.1) is 37.2 Å². The second kappa shape index (κ2) is 13.6. The monoisotopic (exact) mass is 452 g/mol. The van der Waals surface area contributed by atoms with E-state index < -0.39 is 5.54 Å². The molecule has 8 heteroatoms. The molecule has 1 aliphatic carbocycles. The van der Waals surface area contributed by atoms with Crippen molar-refractivity contribution in [2.75, 3.05) is 39.3 Å². The summed E-state index contributed by atoms with van der Waals surface area (Å²) in [5.41, 5.74) is 6.97. The van der Waals surface area contributed by atoms with Crippen LogP contribution in [0.4, 0.5) is 0 Å². The molecule has 1 amide bonds. The lowest BCUT2D eigenvalue weighted by atomic mass is 9.98. The number of nitrogens with two attached hydrogens (primary N) is 1. The van der Waals surface area contributed by atoms with Crippen molar-refractivity contribution in [2.45, 2.75) is 44.2 Å². The number of nitrogens with one attached hydrogen (secondary N) is 1. The molecule has 0 atom stereocenters. The smallest absolute Gasteiger partial charge is 0.240 e. The Bertz CT molecular complexity index is 548. The van der Waals surface area contributed by atoms with Gasteiger partial charge in [0.1, 0.15) is 0 Å². The Morgan fingerprint density at radius 2 is 1.54 bits per heavy atom. The number of piperazine rings is 1. The maximum absolute atomic E-state index is 12.2. The number of amides is 1. The lowest BCUT2D eigenvalue weighted by Gasteiger charge is -2.34. The van der Waals surface area contributed by atoms with E-state index in [1.165, 1.54) is 5.56 Å². The summed E-state index contributed by atoms with van der Waals surface area (Å²) in [5.74, 6) is 0.0534. The third-order valence-corrected chi connectivity index (χ3v) is 5.60. The molecule has 1 aliphatic heterocycles. The third-order valence-electron chi connectivity index (χ3n) is 5.60. The molecule has 0 spiro atoms. The zero-order chi connectivity index (χ0) is 17.5. The van der Waals surface area contributed by atoms with E-state index in [-0.39, 0.29) is 43.1 Å². The van der Waals surface area contributed by atoms with Crippen LogP contribution in [0, 0.1) is 0 Å². The molecular formula is C20H35Cl3N4O. The molecule has 2 fully saturated rings. The number of rotatable bonds is 7. The predicted octanol–water partition coefficient (Wildman–Crippen LogP) is 2.85. The highest BCUT2D eigenvalue weighted by Gasteiger charge is 2.36. The molecule has 1 saturated heterocycles. The highest BCUT2D eigenvalue weighted by Crippen LogP contribution is 2.27. The van der Waals surface area contributed by atoms with E-state index >= 15 is 0 Å². The van der Waals surface area contributed by atoms with Crippen molar-refractivity contribution >= 4 is 43.1 Å². The van der Waals surface area contributed by atoms with Gasteiger partial charge < -0.3 is 16.0 Å². The molecule has 5 nitrogen and oxygen atoms in total. The molecule has 28 heavy (non-hydrogen) atoms. The zero-order valence-corrected chi connectivity index (χ0v) is 18.9. The summed E-state index contributed by atoms with van der Waals surface area (Å²) in [6.45, 7) is 7.30. The van der Waals surface area contributed by atoms with E-state index in [0.717, 1.165) is 77.9 Å². The van der Waals surface area contributed by atoms with Crippen molar-refractivity contribution in [2.24, 2.45) is 5.73 Å². The van der Waals surface area contributed by atoms with E-state index in [1.54, 1.807) is 0 Å². The van der Waals surface area contributed by atoms with Crippen LogP contribution in [-0.4, -0.2) is 60.5 Å². The topological polar surface area (TPSA) is 61.6 Å². The summed E-state index contributed by atoms with van der Waals surface area (Å²) in [4.78, 5) is 17.2. The Labute approximate surface area is 188 Å². The number of nitrogens with zero attached hydrogens (tertiary/aromatic N) is 2. The first-order chi connectivity index (χ1) is 12.2. The highest BCUT2D eigenvalue weighted by atomic mass is 35.5. The minimum absolute atomic E-state index is 0. The van der Waals surface area contributed by atoms with E-state index in [2.05, 4.69) is 45.4 Å². The minimum Gasteiger partial charge on any atom is -0.354 e. The largest absolute Gasteiger partial charge is 0.354 e. The van der Waals surface area contributed by atoms with Gasteiger partial charge in [-0.05, 0) is 31.4 Å². The average Bonchev–Trinajstić information content (AvgIpc) is 3.09. The van der Waals surface area contributed by atoms with Gasteiger partial charge in [0.15, 0.2) is 0 Å². The molecule has 0 bridgehead atoms. The van der Waals surface area contributed by atoms with Crippen LogP contribution in [0.25, 0.3) is 0 Å². The van der Waals surface area contributed by atoms with Crippen molar-refractivity contribution in [1.82, 2.24) is 15.1 Å². The Kier molecular flexibility index (Phi) is 13.4. The molecule has 1 aromatic rings. The molecule has 1 saturated carbocycles. The fourth-order valence-corrected chi connectivity index (χ4v) is 3.93. The summed E-state index contributed by atoms with van der Waals surface area (Å²) in [6, 6.07) is 10.7. The molecule has 1 heterocycles. The molecule has 162 valence electrons. The molecular weight excluding hydrogens is 419 g/mol. The minimum atomic E-state index is -0.594. The van der Waals surface area contributed by atoms with E-state index in [1.807, 2.05) is 0 Å². The first-order valence-corrected chi connectivity index (χ1v) is 9.72. The standard InChI is InChI=1S/C20H32N4O.3ClH/c21-20(9-4-5-10-20)19(25)22-11-6-12-23-13-15-24(16-14-23)17-18-7-2-1-3-8-18;;;/h1-3,7-8H,4-6,9-17,21H2,(H,22,25);3*1H. The van der Waals surface area contributed by atoms with Crippen molar-refractivity contribution in [1.29, 1.82) is 0 Å². The lowest BCUT2D eigenvalue weighted by molar-refractivity contribution is -0.126. The maximum atomic E-state index is 12.2. The Hall–Kier alpha value is -0.560. The molecule has 0 radical (unpaired) electrons. The zero-order valence-electron chi connectivity index (χ0n) is 16.5. The number of benzene rings is 1. The van der Waals surface area contributed by atoms with Crippen LogP contribution >= 0.6 is 37.2 Å². The number of halogens is 3. The molecule has 3 N–H and O–H groups in total. The molecule has 1 aromatic carbocycles. The fraction of sp³-hybridized carbons (Fsp3) is 0.650. The molecule has 2 aliphatic rings. The average molecular weight is 454 g/mol. The van der Waals surface area contributed by atoms with E-state index in [0.29, 0.717) is 0 Å². The Morgan fingerprint density at radius 1 is 0.964 bits per heavy atom. The van der Waals surface area contributed by atoms with Gasteiger partial charge in [-0.3, -0.25) is 9.69 Å². The highest BCUT2D eigenvalue weighted by molar-refractivity contribution is 5.86. The third kappa shape index (κ3) is 8.05. The van der Waals surface area contributed by atoms with Gasteiger partial charge in [-0.2, -0.15) is 0 Å². The van der Waals surface area contributed by atoms with Crippen LogP contribution < -0.4 is 11.1 Å². The lowest BCUT2D eigenvalue weighted by Crippen LogP contribution is -2.52. The number of carbonyl (C=O) groups is 1. The van der Waals surface area contributed by atoms with Gasteiger partial charge in [0.25, 0.3) is 0 Å². The second-order valence-electron chi connectivity index (χ2n) is 7.58. The summed E-state index contributed by atoms with van der Waals surface area (Å²) in [6.07, 6.45) is 4.83. The summed E-state index contributed by atoms with van der Waals surface area (Å²) >= 11 is 0. The summed E-state index contributed by atoms with van der Waals surface area (Å²) in [7, 11) is 0. The number of hydrogen-bond donors (Lipinski definition) is 2. The van der Waals surface area contributed by atoms with Gasteiger partial charge in [-0.25, -0.2) is 0 Å². The van der Waals surface area contributed by atoms with E-state index in [9.17, 15) is 4.79 Å². The summed E-state index contributed by atoms with van der Waals surface area (Å²) in [5, 5.41) is 3.05. The Morgan fingerprint density at radius 3 is 2.14 bits per heavy atom. The van der Waals surface area contributed by atoms with Crippen LogP contribution in [0.15, 0.2) is 30.3 Å². The molecule has 0 unspecified atom stereocenters. The summed E-state index contributed by atoms with van der Waals surface area (Å²) < 4.78 is 0. The number of hydrogen-bond acceptors (Lipinski definition) is 4. The molecule has 0 aromatic heterocycles. The van der Waals surface area contributed by atoms with Crippen LogP contribution in [0.2, 0.25) is 0 Å². The number of carbonyl (C=O) groups excluding carboxylic acids is 1. The first kappa shape index (κ1) is 27.4. The molecule has 3 rings (SSSR count). The van der Waals surface area contributed by atoms with Crippen molar-refractivity contribution in [3.63, 3.8) is 0 Å². The normalized spacial score (nSPS) is 19.0. The first-order valence-electron chi connectivity index (χ1n) is 9.72. The van der Waals surface area contributed by atoms with Crippen molar-refractivity contribution in [3.05, 3.63) is 35.9 Å². The SMILES string of the molecule is Cl.Cl.Cl.NC1(C(=O)NCCCN2CCN(Cc3ccccc3)CC2)CCCC1. The fourth-order valence-electron chi connectivity index (χ4n) is 3.93. The quantitative estimate of drug-likeness (QED) is 0.623. The Balaban J connectivity index is 0.00000243. The maximum Gasteiger partial charge on any atom is 0.240 e. The van der Waals surface area contributed by atoms with Crippen LogP contribution in [-0.2, 0) is 11.3 Å². The van der Waals surface area contributed by atoms with Gasteiger partial charge in [-0.1, -0.05) is 43.2 Å². The predicted molar refractivity (Wildman–Crippen MR) is 123 cm³/mol. The van der Waals surface area contributed by atoms with Gasteiger partial charge in [0, 0.05) is 39.3 Å². The van der Waals surface area contributed by atoms with Crippen LogP contribution in [0.3, 0.4) is 0 Å². The van der Waals surface area contributed by atoms with Gasteiger partial charge in [0.05, 0.1) is 5.54 Å².